The van der Waals surface area contributed by atoms with Crippen LogP contribution in [0.1, 0.15) is 42.3 Å². The summed E-state index contributed by atoms with van der Waals surface area (Å²) < 4.78 is 13.9. The Morgan fingerprint density at radius 1 is 1.14 bits per heavy atom. The molecule has 1 N–H and O–H groups in total. The third-order valence-corrected chi connectivity index (χ3v) is 5.81. The molecule has 5 rings (SSSR count). The maximum atomic E-state index is 10.7. The number of fused-ring (bicyclic) bond motifs is 2. The maximum Gasteiger partial charge on any atom is 0.139 e. The normalized spacial score (nSPS) is 19.8. The minimum atomic E-state index is -0.619. The van der Waals surface area contributed by atoms with Crippen molar-refractivity contribution in [2.45, 2.75) is 50.9 Å². The molecule has 3 aromatic rings. The van der Waals surface area contributed by atoms with Crippen molar-refractivity contribution in [1.82, 2.24) is 9.55 Å². The van der Waals surface area contributed by atoms with E-state index in [2.05, 4.69) is 22.8 Å². The van der Waals surface area contributed by atoms with Crippen molar-refractivity contribution in [3.8, 4) is 5.75 Å². The van der Waals surface area contributed by atoms with Crippen LogP contribution in [0.2, 0.25) is 0 Å². The van der Waals surface area contributed by atoms with Crippen molar-refractivity contribution >= 4 is 11.0 Å². The molecule has 0 spiro atoms. The number of hydrogen-bond donors (Lipinski definition) is 1. The SMILES string of the molecule is OC(COc1ccc2c(c1)CCC2)Cn1c(C2CCCO2)nc2ccccc21. The second-order valence-corrected chi connectivity index (χ2v) is 7.82. The number of rotatable bonds is 6. The van der Waals surface area contributed by atoms with Gasteiger partial charge in [0.15, 0.2) is 0 Å². The van der Waals surface area contributed by atoms with E-state index in [9.17, 15) is 5.11 Å². The molecule has 5 heteroatoms. The highest BCUT2D eigenvalue weighted by molar-refractivity contribution is 5.76. The number of imidazole rings is 1. The lowest BCUT2D eigenvalue weighted by atomic mass is 10.1. The van der Waals surface area contributed by atoms with Crippen molar-refractivity contribution in [3.05, 3.63) is 59.4 Å². The third kappa shape index (κ3) is 3.40. The highest BCUT2D eigenvalue weighted by Crippen LogP contribution is 2.31. The van der Waals surface area contributed by atoms with Crippen LogP contribution in [-0.4, -0.2) is 34.0 Å². The lowest BCUT2D eigenvalue weighted by Crippen LogP contribution is -2.25. The average molecular weight is 378 g/mol. The van der Waals surface area contributed by atoms with Crippen LogP contribution < -0.4 is 4.74 Å². The molecule has 1 aliphatic carbocycles. The Hall–Kier alpha value is -2.37. The summed E-state index contributed by atoms with van der Waals surface area (Å²) in [5.74, 6) is 1.75. The molecule has 0 saturated carbocycles. The predicted molar refractivity (Wildman–Crippen MR) is 108 cm³/mol. The van der Waals surface area contributed by atoms with Crippen LogP contribution in [0, 0.1) is 0 Å². The van der Waals surface area contributed by atoms with Gasteiger partial charge >= 0.3 is 0 Å². The Kier molecular flexibility index (Phi) is 4.79. The molecule has 5 nitrogen and oxygen atoms in total. The Morgan fingerprint density at radius 2 is 2.04 bits per heavy atom. The molecule has 2 heterocycles. The number of hydrogen-bond acceptors (Lipinski definition) is 4. The first-order valence-corrected chi connectivity index (χ1v) is 10.3. The predicted octanol–water partition coefficient (Wildman–Crippen LogP) is 3.82. The molecule has 2 aliphatic rings. The van der Waals surface area contributed by atoms with E-state index in [0.29, 0.717) is 6.54 Å². The molecule has 2 unspecified atom stereocenters. The quantitative estimate of drug-likeness (QED) is 0.709. The summed E-state index contributed by atoms with van der Waals surface area (Å²) in [7, 11) is 0. The number of benzene rings is 2. The van der Waals surface area contributed by atoms with Crippen LogP contribution in [0.5, 0.6) is 5.75 Å². The van der Waals surface area contributed by atoms with Gasteiger partial charge in [-0.1, -0.05) is 18.2 Å². The van der Waals surface area contributed by atoms with Crippen LogP contribution in [0.15, 0.2) is 42.5 Å². The van der Waals surface area contributed by atoms with Gasteiger partial charge in [0.05, 0.1) is 17.6 Å². The summed E-state index contributed by atoms with van der Waals surface area (Å²) in [6, 6.07) is 14.4. The van der Waals surface area contributed by atoms with E-state index < -0.39 is 6.10 Å². The lowest BCUT2D eigenvalue weighted by molar-refractivity contribution is 0.0805. The number of para-hydroxylation sites is 2. The van der Waals surface area contributed by atoms with Gasteiger partial charge in [-0.15, -0.1) is 0 Å². The summed E-state index contributed by atoms with van der Waals surface area (Å²) >= 11 is 0. The van der Waals surface area contributed by atoms with Gasteiger partial charge < -0.3 is 19.1 Å². The first-order chi connectivity index (χ1) is 13.8. The summed E-state index contributed by atoms with van der Waals surface area (Å²) in [5, 5.41) is 10.7. The number of aryl methyl sites for hydroxylation is 2. The van der Waals surface area contributed by atoms with Crippen molar-refractivity contribution in [1.29, 1.82) is 0 Å². The van der Waals surface area contributed by atoms with Crippen molar-refractivity contribution in [3.63, 3.8) is 0 Å². The monoisotopic (exact) mass is 378 g/mol. The fraction of sp³-hybridized carbons (Fsp3) is 0.435. The largest absolute Gasteiger partial charge is 0.491 e. The number of aliphatic hydroxyl groups is 1. The number of aliphatic hydroxyl groups excluding tert-OH is 1. The fourth-order valence-electron chi connectivity index (χ4n) is 4.41. The minimum absolute atomic E-state index is 0.0113. The average Bonchev–Trinajstić information content (AvgIpc) is 3.46. The first kappa shape index (κ1) is 17.7. The van der Waals surface area contributed by atoms with Crippen LogP contribution in [0.25, 0.3) is 11.0 Å². The van der Waals surface area contributed by atoms with Crippen molar-refractivity contribution in [2.24, 2.45) is 0 Å². The minimum Gasteiger partial charge on any atom is -0.491 e. The third-order valence-electron chi connectivity index (χ3n) is 5.81. The van der Waals surface area contributed by atoms with Gasteiger partial charge in [-0.3, -0.25) is 0 Å². The molecule has 2 atom stereocenters. The lowest BCUT2D eigenvalue weighted by Gasteiger charge is -2.18. The van der Waals surface area contributed by atoms with Crippen molar-refractivity contribution in [2.75, 3.05) is 13.2 Å². The molecule has 1 aromatic heterocycles. The van der Waals surface area contributed by atoms with Gasteiger partial charge in [-0.25, -0.2) is 4.98 Å². The number of ether oxygens (including phenoxy) is 2. The van der Waals surface area contributed by atoms with Crippen LogP contribution in [-0.2, 0) is 24.1 Å². The highest BCUT2D eigenvalue weighted by atomic mass is 16.5. The van der Waals surface area contributed by atoms with Gasteiger partial charge in [0, 0.05) is 6.61 Å². The smallest absolute Gasteiger partial charge is 0.139 e. The fourth-order valence-corrected chi connectivity index (χ4v) is 4.41. The van der Waals surface area contributed by atoms with E-state index in [-0.39, 0.29) is 12.7 Å². The number of nitrogens with zero attached hydrogens (tertiary/aromatic N) is 2. The molecule has 2 aromatic carbocycles. The molecule has 146 valence electrons. The summed E-state index contributed by atoms with van der Waals surface area (Å²) in [5.41, 5.74) is 4.79. The topological polar surface area (TPSA) is 56.5 Å². The Bertz CT molecular complexity index is 975. The Balaban J connectivity index is 1.32. The Labute approximate surface area is 164 Å². The molecule has 0 bridgehead atoms. The zero-order chi connectivity index (χ0) is 18.9. The first-order valence-electron chi connectivity index (χ1n) is 10.3. The molecule has 0 radical (unpaired) electrons. The summed E-state index contributed by atoms with van der Waals surface area (Å²) in [4.78, 5) is 4.79. The molecule has 0 amide bonds. The molecule has 1 aliphatic heterocycles. The van der Waals surface area contributed by atoms with Gasteiger partial charge in [0.25, 0.3) is 0 Å². The van der Waals surface area contributed by atoms with Gasteiger partial charge in [0.1, 0.15) is 30.4 Å². The second kappa shape index (κ2) is 7.57. The van der Waals surface area contributed by atoms with E-state index in [1.54, 1.807) is 0 Å². The molecular weight excluding hydrogens is 352 g/mol. The zero-order valence-electron chi connectivity index (χ0n) is 16.0. The van der Waals surface area contributed by atoms with Crippen LogP contribution in [0.3, 0.4) is 0 Å². The van der Waals surface area contributed by atoms with Gasteiger partial charge in [-0.05, 0) is 67.5 Å². The molecular formula is C23H26N2O3. The molecule has 1 saturated heterocycles. The van der Waals surface area contributed by atoms with Gasteiger partial charge in [0.2, 0.25) is 0 Å². The van der Waals surface area contributed by atoms with E-state index >= 15 is 0 Å². The zero-order valence-corrected chi connectivity index (χ0v) is 16.0. The molecule has 1 fully saturated rings. The van der Waals surface area contributed by atoms with Crippen LogP contribution >= 0.6 is 0 Å². The second-order valence-electron chi connectivity index (χ2n) is 7.82. The van der Waals surface area contributed by atoms with E-state index in [1.807, 2.05) is 24.3 Å². The molecule has 28 heavy (non-hydrogen) atoms. The summed E-state index contributed by atoms with van der Waals surface area (Å²) in [6.45, 7) is 1.48. The van der Waals surface area contributed by atoms with Gasteiger partial charge in [-0.2, -0.15) is 0 Å². The standard InChI is InChI=1S/C23H26N2O3/c26-18(15-28-19-11-10-16-5-3-6-17(16)13-19)14-25-21-8-2-1-7-20(21)24-23(25)22-9-4-12-27-22/h1-2,7-8,10-11,13,18,22,26H,3-6,9,12,14-15H2. The van der Waals surface area contributed by atoms with E-state index in [4.69, 9.17) is 14.5 Å². The maximum absolute atomic E-state index is 10.7. The van der Waals surface area contributed by atoms with Crippen molar-refractivity contribution < 1.29 is 14.6 Å². The Morgan fingerprint density at radius 3 is 2.93 bits per heavy atom. The summed E-state index contributed by atoms with van der Waals surface area (Å²) in [6.07, 6.45) is 4.94. The van der Waals surface area contributed by atoms with Crippen LogP contribution in [0.4, 0.5) is 0 Å². The highest BCUT2D eigenvalue weighted by Gasteiger charge is 2.25. The van der Waals surface area contributed by atoms with E-state index in [1.165, 1.54) is 17.5 Å². The van der Waals surface area contributed by atoms with E-state index in [0.717, 1.165) is 54.9 Å². The number of aromatic nitrogens is 2.